The van der Waals surface area contributed by atoms with Gasteiger partial charge in [0, 0.05) is 4.83 Å². The highest BCUT2D eigenvalue weighted by Gasteiger charge is 2.40. The maximum Gasteiger partial charge on any atom is 0.0687 e. The van der Waals surface area contributed by atoms with E-state index >= 15 is 0 Å². The molecule has 0 aromatic carbocycles. The van der Waals surface area contributed by atoms with Crippen molar-refractivity contribution in [1.82, 2.24) is 0 Å². The molecule has 1 saturated carbocycles. The molecule has 2 fully saturated rings. The second-order valence-electron chi connectivity index (χ2n) is 6.38. The Morgan fingerprint density at radius 2 is 1.88 bits per heavy atom. The molecule has 0 bridgehead atoms. The largest absolute Gasteiger partial charge is 0.372 e. The summed E-state index contributed by atoms with van der Waals surface area (Å²) in [6, 6.07) is 0. The molecule has 2 heteroatoms. The average Bonchev–Trinajstić information content (AvgIpc) is 2.61. The Balaban J connectivity index is 1.77. The Bertz CT molecular complexity index is 233. The Hall–Kier alpha value is 0.440. The molecule has 0 aromatic heterocycles. The van der Waals surface area contributed by atoms with Crippen molar-refractivity contribution in [3.05, 3.63) is 0 Å². The van der Waals surface area contributed by atoms with Crippen LogP contribution in [0.3, 0.4) is 0 Å². The number of halogens is 1. The van der Waals surface area contributed by atoms with Gasteiger partial charge in [0.2, 0.25) is 0 Å². The van der Waals surface area contributed by atoms with Crippen LogP contribution < -0.4 is 0 Å². The fourth-order valence-corrected chi connectivity index (χ4v) is 4.36. The topological polar surface area (TPSA) is 9.23 Å². The van der Waals surface area contributed by atoms with Crippen LogP contribution in [-0.2, 0) is 4.74 Å². The lowest BCUT2D eigenvalue weighted by Crippen LogP contribution is -2.32. The van der Waals surface area contributed by atoms with Crippen LogP contribution in [0.4, 0.5) is 0 Å². The van der Waals surface area contributed by atoms with E-state index in [1.54, 1.807) is 0 Å². The third kappa shape index (κ3) is 3.96. The zero-order valence-electron chi connectivity index (χ0n) is 11.4. The van der Waals surface area contributed by atoms with Gasteiger partial charge in [0.15, 0.2) is 0 Å². The van der Waals surface area contributed by atoms with Gasteiger partial charge in [0.05, 0.1) is 11.7 Å². The summed E-state index contributed by atoms with van der Waals surface area (Å²) in [6.07, 6.45) is 12.6. The zero-order chi connectivity index (χ0) is 12.3. The van der Waals surface area contributed by atoms with Crippen LogP contribution in [0.5, 0.6) is 0 Å². The van der Waals surface area contributed by atoms with Crippen molar-refractivity contribution in [2.24, 2.45) is 5.92 Å². The molecule has 1 spiro atoms. The molecule has 3 unspecified atom stereocenters. The minimum Gasteiger partial charge on any atom is -0.372 e. The molecule has 1 heterocycles. The maximum absolute atomic E-state index is 6.43. The van der Waals surface area contributed by atoms with E-state index in [0.29, 0.717) is 16.5 Å². The number of alkyl halides is 1. The summed E-state index contributed by atoms with van der Waals surface area (Å²) in [5.74, 6) is 0.785. The lowest BCUT2D eigenvalue weighted by atomic mass is 9.83. The molecule has 2 aliphatic rings. The number of ether oxygens (including phenoxy) is 1. The molecule has 2 rings (SSSR count). The summed E-state index contributed by atoms with van der Waals surface area (Å²) in [6.45, 7) is 4.61. The zero-order valence-corrected chi connectivity index (χ0v) is 13.0. The summed E-state index contributed by atoms with van der Waals surface area (Å²) in [5.41, 5.74) is 0.308. The first kappa shape index (κ1) is 13.9. The molecule has 0 amide bonds. The molecule has 1 nitrogen and oxygen atoms in total. The summed E-state index contributed by atoms with van der Waals surface area (Å²) in [5, 5.41) is 0. The molecule has 17 heavy (non-hydrogen) atoms. The van der Waals surface area contributed by atoms with E-state index in [-0.39, 0.29) is 0 Å². The predicted octanol–water partition coefficient (Wildman–Crippen LogP) is 5.07. The van der Waals surface area contributed by atoms with Gasteiger partial charge in [-0.2, -0.15) is 0 Å². The van der Waals surface area contributed by atoms with E-state index in [0.717, 1.165) is 5.92 Å². The van der Waals surface area contributed by atoms with Crippen LogP contribution in [0.15, 0.2) is 0 Å². The van der Waals surface area contributed by atoms with E-state index in [4.69, 9.17) is 4.74 Å². The van der Waals surface area contributed by atoms with Crippen LogP contribution in [0.1, 0.15) is 71.6 Å². The Labute approximate surface area is 115 Å². The normalized spacial score (nSPS) is 31.6. The molecule has 1 aliphatic heterocycles. The first-order chi connectivity index (χ1) is 8.10. The highest BCUT2D eigenvalue weighted by atomic mass is 79.9. The number of rotatable bonds is 4. The van der Waals surface area contributed by atoms with Gasteiger partial charge in [0.25, 0.3) is 0 Å². The lowest BCUT2D eigenvalue weighted by molar-refractivity contribution is -0.0694. The minimum atomic E-state index is 0.308. The Morgan fingerprint density at radius 1 is 1.18 bits per heavy atom. The third-order valence-electron chi connectivity index (χ3n) is 4.50. The first-order valence-electron chi connectivity index (χ1n) is 7.41. The van der Waals surface area contributed by atoms with Crippen LogP contribution in [-0.4, -0.2) is 16.5 Å². The summed E-state index contributed by atoms with van der Waals surface area (Å²) in [7, 11) is 0. The molecule has 0 aromatic rings. The van der Waals surface area contributed by atoms with Crippen molar-refractivity contribution < 1.29 is 4.74 Å². The SMILES string of the molecule is CC(Br)CC(C)CC1CCC2(CCCCC2)O1. The van der Waals surface area contributed by atoms with Crippen molar-refractivity contribution in [2.45, 2.75) is 88.2 Å². The molecule has 100 valence electrons. The van der Waals surface area contributed by atoms with Crippen LogP contribution in [0, 0.1) is 5.92 Å². The van der Waals surface area contributed by atoms with Gasteiger partial charge >= 0.3 is 0 Å². The maximum atomic E-state index is 6.43. The summed E-state index contributed by atoms with van der Waals surface area (Å²) in [4.78, 5) is 0.641. The van der Waals surface area contributed by atoms with Gasteiger partial charge in [-0.05, 0) is 44.4 Å². The van der Waals surface area contributed by atoms with E-state index in [1.807, 2.05) is 0 Å². The molecule has 1 saturated heterocycles. The molecular weight excluding hydrogens is 276 g/mol. The van der Waals surface area contributed by atoms with Gasteiger partial charge in [-0.1, -0.05) is 49.0 Å². The third-order valence-corrected chi connectivity index (χ3v) is 4.87. The standard InChI is InChI=1S/C15H27BrO/c1-12(10-13(2)16)11-14-6-9-15(17-14)7-4-3-5-8-15/h12-14H,3-11H2,1-2H3. The first-order valence-corrected chi connectivity index (χ1v) is 8.33. The second kappa shape index (κ2) is 6.06. The second-order valence-corrected chi connectivity index (χ2v) is 7.94. The van der Waals surface area contributed by atoms with Crippen molar-refractivity contribution in [3.8, 4) is 0 Å². The van der Waals surface area contributed by atoms with Crippen molar-refractivity contribution in [1.29, 1.82) is 0 Å². The predicted molar refractivity (Wildman–Crippen MR) is 76.7 cm³/mol. The summed E-state index contributed by atoms with van der Waals surface area (Å²) >= 11 is 3.65. The molecule has 3 atom stereocenters. The quantitative estimate of drug-likeness (QED) is 0.659. The van der Waals surface area contributed by atoms with Crippen LogP contribution >= 0.6 is 15.9 Å². The minimum absolute atomic E-state index is 0.308. The van der Waals surface area contributed by atoms with E-state index in [1.165, 1.54) is 57.8 Å². The Kier molecular flexibility index (Phi) is 4.94. The fourth-order valence-electron chi connectivity index (χ4n) is 3.72. The highest BCUT2D eigenvalue weighted by Crippen LogP contribution is 2.43. The van der Waals surface area contributed by atoms with E-state index in [2.05, 4.69) is 29.8 Å². The van der Waals surface area contributed by atoms with Gasteiger partial charge < -0.3 is 4.74 Å². The van der Waals surface area contributed by atoms with Crippen molar-refractivity contribution >= 4 is 15.9 Å². The monoisotopic (exact) mass is 302 g/mol. The van der Waals surface area contributed by atoms with Crippen molar-refractivity contribution in [3.63, 3.8) is 0 Å². The highest BCUT2D eigenvalue weighted by molar-refractivity contribution is 9.09. The van der Waals surface area contributed by atoms with E-state index < -0.39 is 0 Å². The molecule has 0 N–H and O–H groups in total. The smallest absolute Gasteiger partial charge is 0.0687 e. The van der Waals surface area contributed by atoms with Gasteiger partial charge in [-0.15, -0.1) is 0 Å². The number of hydrogen-bond donors (Lipinski definition) is 0. The number of hydrogen-bond acceptors (Lipinski definition) is 1. The molecular formula is C15H27BrO. The fraction of sp³-hybridized carbons (Fsp3) is 1.00. The van der Waals surface area contributed by atoms with Crippen molar-refractivity contribution in [2.75, 3.05) is 0 Å². The lowest BCUT2D eigenvalue weighted by Gasteiger charge is -2.33. The van der Waals surface area contributed by atoms with Crippen LogP contribution in [0.25, 0.3) is 0 Å². The van der Waals surface area contributed by atoms with Gasteiger partial charge in [-0.3, -0.25) is 0 Å². The summed E-state index contributed by atoms with van der Waals surface area (Å²) < 4.78 is 6.43. The molecule has 1 aliphatic carbocycles. The molecule has 0 radical (unpaired) electrons. The van der Waals surface area contributed by atoms with Crippen LogP contribution in [0.2, 0.25) is 0 Å². The average molecular weight is 303 g/mol. The van der Waals surface area contributed by atoms with E-state index in [9.17, 15) is 0 Å². The van der Waals surface area contributed by atoms with Gasteiger partial charge in [0.1, 0.15) is 0 Å². The Morgan fingerprint density at radius 3 is 2.53 bits per heavy atom. The van der Waals surface area contributed by atoms with Gasteiger partial charge in [-0.25, -0.2) is 0 Å².